The molecule has 1 heterocycles. The standard InChI is InChI=1S/C25H22FN3O4S/c1-17-25(30)29(13-12-18-6-8-21(26)9-7-18)16-20-14-22(10-11-23(20)33-17)28-34(31,32)24-5-3-2-4-19(24)15-27/h2-11,14,17,28H,12-13,16H2,1H3. The summed E-state index contributed by atoms with van der Waals surface area (Å²) in [6, 6.07) is 18.7. The number of halogens is 1. The highest BCUT2D eigenvalue weighted by atomic mass is 32.2. The summed E-state index contributed by atoms with van der Waals surface area (Å²) in [5, 5.41) is 9.25. The fourth-order valence-electron chi connectivity index (χ4n) is 3.77. The van der Waals surface area contributed by atoms with E-state index in [9.17, 15) is 22.9 Å². The van der Waals surface area contributed by atoms with Gasteiger partial charge in [0.15, 0.2) is 6.10 Å². The molecule has 174 valence electrons. The molecule has 0 radical (unpaired) electrons. The van der Waals surface area contributed by atoms with E-state index in [4.69, 9.17) is 4.74 Å². The van der Waals surface area contributed by atoms with E-state index in [1.807, 2.05) is 6.07 Å². The van der Waals surface area contributed by atoms with Gasteiger partial charge in [-0.05, 0) is 61.4 Å². The van der Waals surface area contributed by atoms with Crippen molar-refractivity contribution in [1.29, 1.82) is 5.26 Å². The van der Waals surface area contributed by atoms with Gasteiger partial charge in [0.1, 0.15) is 22.5 Å². The van der Waals surface area contributed by atoms with E-state index in [1.54, 1.807) is 54.3 Å². The van der Waals surface area contributed by atoms with E-state index >= 15 is 0 Å². The molecule has 0 aromatic heterocycles. The lowest BCUT2D eigenvalue weighted by Crippen LogP contribution is -2.39. The summed E-state index contributed by atoms with van der Waals surface area (Å²) in [7, 11) is -4.00. The predicted octanol–water partition coefficient (Wildman–Crippen LogP) is 3.85. The number of benzene rings is 3. The Morgan fingerprint density at radius 1 is 1.15 bits per heavy atom. The SMILES string of the molecule is CC1Oc2ccc(NS(=O)(=O)c3ccccc3C#N)cc2CN(CCc2ccc(F)cc2)C1=O. The van der Waals surface area contributed by atoms with Gasteiger partial charge in [0.2, 0.25) is 0 Å². The number of nitrogens with one attached hydrogen (secondary N) is 1. The topological polar surface area (TPSA) is 99.5 Å². The van der Waals surface area contributed by atoms with Gasteiger partial charge in [0.05, 0.1) is 5.56 Å². The summed E-state index contributed by atoms with van der Waals surface area (Å²) in [6.45, 7) is 2.28. The van der Waals surface area contributed by atoms with Gasteiger partial charge in [-0.15, -0.1) is 0 Å². The second-order valence-electron chi connectivity index (χ2n) is 7.93. The third kappa shape index (κ3) is 5.02. The number of amides is 1. The average molecular weight is 480 g/mol. The van der Waals surface area contributed by atoms with Crippen molar-refractivity contribution in [2.24, 2.45) is 0 Å². The molecule has 0 spiro atoms. The smallest absolute Gasteiger partial charge is 0.263 e. The number of nitrogens with zero attached hydrogens (tertiary/aromatic N) is 2. The molecule has 0 saturated heterocycles. The Morgan fingerprint density at radius 2 is 1.88 bits per heavy atom. The molecule has 7 nitrogen and oxygen atoms in total. The second-order valence-corrected chi connectivity index (χ2v) is 9.58. The maximum atomic E-state index is 13.2. The minimum atomic E-state index is -4.00. The minimum absolute atomic E-state index is 0.0412. The number of ether oxygens (including phenoxy) is 1. The molecule has 3 aromatic rings. The van der Waals surface area contributed by atoms with Crippen molar-refractivity contribution in [3.8, 4) is 11.8 Å². The number of hydrogen-bond acceptors (Lipinski definition) is 5. The summed E-state index contributed by atoms with van der Waals surface area (Å²) >= 11 is 0. The van der Waals surface area contributed by atoms with Crippen LogP contribution in [0.3, 0.4) is 0 Å². The quantitative estimate of drug-likeness (QED) is 0.579. The van der Waals surface area contributed by atoms with E-state index in [2.05, 4.69) is 4.72 Å². The molecule has 0 fully saturated rings. The van der Waals surface area contributed by atoms with Gasteiger partial charge in [0, 0.05) is 24.3 Å². The zero-order valence-electron chi connectivity index (χ0n) is 18.4. The molecule has 0 aliphatic carbocycles. The molecule has 1 atom stereocenters. The van der Waals surface area contributed by atoms with Crippen LogP contribution in [-0.2, 0) is 27.8 Å². The highest BCUT2D eigenvalue weighted by Gasteiger charge is 2.28. The van der Waals surface area contributed by atoms with E-state index in [0.29, 0.717) is 24.3 Å². The Hall–Kier alpha value is -3.90. The van der Waals surface area contributed by atoms with Crippen molar-refractivity contribution in [2.45, 2.75) is 30.9 Å². The number of carbonyl (C=O) groups is 1. The van der Waals surface area contributed by atoms with E-state index < -0.39 is 16.1 Å². The van der Waals surface area contributed by atoms with Crippen LogP contribution in [0.25, 0.3) is 0 Å². The monoisotopic (exact) mass is 479 g/mol. The molecule has 1 unspecified atom stereocenters. The van der Waals surface area contributed by atoms with Crippen LogP contribution in [-0.4, -0.2) is 31.9 Å². The average Bonchev–Trinajstić information content (AvgIpc) is 2.94. The highest BCUT2D eigenvalue weighted by Crippen LogP contribution is 2.30. The third-order valence-corrected chi connectivity index (χ3v) is 6.96. The number of sulfonamides is 1. The fraction of sp³-hybridized carbons (Fsp3) is 0.200. The van der Waals surface area contributed by atoms with Crippen molar-refractivity contribution < 1.29 is 22.3 Å². The van der Waals surface area contributed by atoms with Crippen molar-refractivity contribution in [1.82, 2.24) is 4.90 Å². The Morgan fingerprint density at radius 3 is 2.62 bits per heavy atom. The van der Waals surface area contributed by atoms with Gasteiger partial charge in [-0.2, -0.15) is 5.26 Å². The van der Waals surface area contributed by atoms with E-state index in [1.165, 1.54) is 24.3 Å². The Bertz CT molecular complexity index is 1370. The Labute approximate surface area is 197 Å². The number of fused-ring (bicyclic) bond motifs is 1. The predicted molar refractivity (Wildman–Crippen MR) is 124 cm³/mol. The maximum Gasteiger partial charge on any atom is 0.263 e. The zero-order valence-corrected chi connectivity index (χ0v) is 19.2. The van der Waals surface area contributed by atoms with Crippen molar-refractivity contribution >= 4 is 21.6 Å². The fourth-order valence-corrected chi connectivity index (χ4v) is 4.98. The lowest BCUT2D eigenvalue weighted by atomic mass is 10.1. The number of hydrogen-bond donors (Lipinski definition) is 1. The molecule has 1 amide bonds. The summed E-state index contributed by atoms with van der Waals surface area (Å²) in [5.41, 5.74) is 1.87. The summed E-state index contributed by atoms with van der Waals surface area (Å²) in [4.78, 5) is 14.4. The first kappa shape index (κ1) is 23.3. The van der Waals surface area contributed by atoms with E-state index in [-0.39, 0.29) is 34.4 Å². The van der Waals surface area contributed by atoms with Crippen LogP contribution in [0, 0.1) is 17.1 Å². The molecule has 1 aliphatic rings. The van der Waals surface area contributed by atoms with Gasteiger partial charge >= 0.3 is 0 Å². The van der Waals surface area contributed by atoms with Gasteiger partial charge in [-0.1, -0.05) is 24.3 Å². The number of anilines is 1. The van der Waals surface area contributed by atoms with Crippen molar-refractivity contribution in [2.75, 3.05) is 11.3 Å². The van der Waals surface area contributed by atoms with Crippen LogP contribution in [0.4, 0.5) is 10.1 Å². The molecular weight excluding hydrogens is 457 g/mol. The van der Waals surface area contributed by atoms with Gasteiger partial charge < -0.3 is 9.64 Å². The first-order valence-corrected chi connectivity index (χ1v) is 12.1. The largest absolute Gasteiger partial charge is 0.481 e. The number of nitriles is 1. The van der Waals surface area contributed by atoms with Crippen LogP contribution >= 0.6 is 0 Å². The maximum absolute atomic E-state index is 13.2. The van der Waals surface area contributed by atoms with Gasteiger partial charge in [0.25, 0.3) is 15.9 Å². The first-order chi connectivity index (χ1) is 16.3. The van der Waals surface area contributed by atoms with Crippen LogP contribution < -0.4 is 9.46 Å². The van der Waals surface area contributed by atoms with Gasteiger partial charge in [-0.25, -0.2) is 12.8 Å². The summed E-state index contributed by atoms with van der Waals surface area (Å²) < 4.78 is 47.3. The lowest BCUT2D eigenvalue weighted by Gasteiger charge is -2.22. The van der Waals surface area contributed by atoms with E-state index in [0.717, 1.165) is 5.56 Å². The summed E-state index contributed by atoms with van der Waals surface area (Å²) in [6.07, 6.45) is -0.176. The molecule has 0 saturated carbocycles. The van der Waals surface area contributed by atoms with Crippen LogP contribution in [0.15, 0.2) is 71.6 Å². The highest BCUT2D eigenvalue weighted by molar-refractivity contribution is 7.92. The van der Waals surface area contributed by atoms with Crippen LogP contribution in [0.1, 0.15) is 23.6 Å². The zero-order chi connectivity index (χ0) is 24.3. The number of rotatable bonds is 6. The van der Waals surface area contributed by atoms with Crippen molar-refractivity contribution in [3.63, 3.8) is 0 Å². The normalized spacial score (nSPS) is 15.6. The van der Waals surface area contributed by atoms with Gasteiger partial charge in [-0.3, -0.25) is 9.52 Å². The molecule has 0 bridgehead atoms. The molecular formula is C25H22FN3O4S. The molecule has 9 heteroatoms. The molecule has 4 rings (SSSR count). The second kappa shape index (κ2) is 9.53. The summed E-state index contributed by atoms with van der Waals surface area (Å²) in [5.74, 6) is -0.0215. The van der Waals surface area contributed by atoms with Crippen LogP contribution in [0.5, 0.6) is 5.75 Å². The Kier molecular flexibility index (Phi) is 6.52. The Balaban J connectivity index is 1.57. The molecule has 3 aromatic carbocycles. The third-order valence-electron chi connectivity index (χ3n) is 5.52. The molecule has 1 N–H and O–H groups in total. The molecule has 34 heavy (non-hydrogen) atoms. The van der Waals surface area contributed by atoms with Crippen LogP contribution in [0.2, 0.25) is 0 Å². The lowest BCUT2D eigenvalue weighted by molar-refractivity contribution is -0.137. The van der Waals surface area contributed by atoms with Crippen molar-refractivity contribution in [3.05, 3.63) is 89.2 Å². The molecule has 1 aliphatic heterocycles. The first-order valence-electron chi connectivity index (χ1n) is 10.6. The minimum Gasteiger partial charge on any atom is -0.481 e. The number of carbonyl (C=O) groups excluding carboxylic acids is 1.